The summed E-state index contributed by atoms with van der Waals surface area (Å²) in [5, 5.41) is 11.0. The number of aromatic nitrogens is 2. The van der Waals surface area contributed by atoms with Gasteiger partial charge in [0.1, 0.15) is 6.17 Å². The fourth-order valence-electron chi connectivity index (χ4n) is 2.85. The van der Waals surface area contributed by atoms with E-state index in [0.717, 1.165) is 19.2 Å². The lowest BCUT2D eigenvalue weighted by atomic mass is 10.0. The average molecular weight is 312 g/mol. The number of nitrogens with zero attached hydrogens (tertiary/aromatic N) is 2. The molecule has 22 heavy (non-hydrogen) atoms. The van der Waals surface area contributed by atoms with E-state index in [-0.39, 0.29) is 23.0 Å². The van der Waals surface area contributed by atoms with Gasteiger partial charge in [-0.3, -0.25) is 5.32 Å². The standard InChI is InChI=1S/C15H19F3N4/c1-8(2)5-10-13-11(6-9(16)14(17)15(13)18)22(21-10)12-7-19-3-4-20-12/h6,8,12,19-20H,3-5,7H2,1-2H3. The minimum Gasteiger partial charge on any atom is -0.312 e. The molecular weight excluding hydrogens is 293 g/mol. The van der Waals surface area contributed by atoms with Crippen molar-refractivity contribution in [3.63, 3.8) is 0 Å². The molecule has 0 radical (unpaired) electrons. The lowest BCUT2D eigenvalue weighted by Gasteiger charge is -2.25. The molecule has 2 heterocycles. The van der Waals surface area contributed by atoms with Gasteiger partial charge in [-0.15, -0.1) is 0 Å². The highest BCUT2D eigenvalue weighted by Crippen LogP contribution is 2.29. The number of hydrogen-bond donors (Lipinski definition) is 2. The molecule has 2 aromatic rings. The van der Waals surface area contributed by atoms with Crippen molar-refractivity contribution >= 4 is 10.9 Å². The van der Waals surface area contributed by atoms with Crippen LogP contribution in [0.3, 0.4) is 0 Å². The molecule has 4 nitrogen and oxygen atoms in total. The molecule has 1 unspecified atom stereocenters. The molecule has 2 N–H and O–H groups in total. The molecule has 1 fully saturated rings. The maximum atomic E-state index is 14.2. The van der Waals surface area contributed by atoms with Crippen molar-refractivity contribution in [2.24, 2.45) is 5.92 Å². The van der Waals surface area contributed by atoms with Gasteiger partial charge in [-0.05, 0) is 12.3 Å². The van der Waals surface area contributed by atoms with E-state index in [4.69, 9.17) is 0 Å². The second-order valence-corrected chi connectivity index (χ2v) is 6.04. The van der Waals surface area contributed by atoms with Crippen LogP contribution >= 0.6 is 0 Å². The Bertz CT molecular complexity index is 690. The quantitative estimate of drug-likeness (QED) is 0.855. The van der Waals surface area contributed by atoms with E-state index < -0.39 is 17.5 Å². The van der Waals surface area contributed by atoms with Crippen LogP contribution in [-0.2, 0) is 6.42 Å². The van der Waals surface area contributed by atoms with Crippen molar-refractivity contribution in [1.29, 1.82) is 0 Å². The highest BCUT2D eigenvalue weighted by molar-refractivity contribution is 5.83. The van der Waals surface area contributed by atoms with Crippen molar-refractivity contribution < 1.29 is 13.2 Å². The molecule has 1 aromatic heterocycles. The fraction of sp³-hybridized carbons (Fsp3) is 0.533. The number of halogens is 3. The number of nitrogens with one attached hydrogen (secondary N) is 2. The van der Waals surface area contributed by atoms with E-state index in [0.29, 0.717) is 18.7 Å². The summed E-state index contributed by atoms with van der Waals surface area (Å²) < 4.78 is 43.1. The van der Waals surface area contributed by atoms with Crippen LogP contribution in [-0.4, -0.2) is 29.4 Å². The summed E-state index contributed by atoms with van der Waals surface area (Å²) in [5.41, 5.74) is 0.752. The molecule has 3 rings (SSSR count). The second-order valence-electron chi connectivity index (χ2n) is 6.04. The van der Waals surface area contributed by atoms with Crippen molar-refractivity contribution in [2.45, 2.75) is 26.4 Å². The Balaban J connectivity index is 2.19. The van der Waals surface area contributed by atoms with Crippen LogP contribution in [0.25, 0.3) is 10.9 Å². The normalized spacial score (nSPS) is 19.3. The Morgan fingerprint density at radius 1 is 1.27 bits per heavy atom. The van der Waals surface area contributed by atoms with E-state index in [1.54, 1.807) is 4.68 Å². The zero-order chi connectivity index (χ0) is 15.9. The fourth-order valence-corrected chi connectivity index (χ4v) is 2.85. The molecule has 0 aliphatic carbocycles. The van der Waals surface area contributed by atoms with Crippen LogP contribution in [0.5, 0.6) is 0 Å². The third-order valence-electron chi connectivity index (χ3n) is 3.82. The van der Waals surface area contributed by atoms with Gasteiger partial charge >= 0.3 is 0 Å². The molecule has 0 saturated carbocycles. The zero-order valence-electron chi connectivity index (χ0n) is 12.6. The summed E-state index contributed by atoms with van der Waals surface area (Å²) >= 11 is 0. The largest absolute Gasteiger partial charge is 0.312 e. The number of benzene rings is 1. The summed E-state index contributed by atoms with van der Waals surface area (Å²) in [5.74, 6) is -3.55. The lowest BCUT2D eigenvalue weighted by molar-refractivity contribution is 0.320. The van der Waals surface area contributed by atoms with E-state index >= 15 is 0 Å². The molecule has 1 aromatic carbocycles. The Hall–Kier alpha value is -1.60. The third-order valence-corrected chi connectivity index (χ3v) is 3.82. The van der Waals surface area contributed by atoms with Crippen molar-refractivity contribution in [3.8, 4) is 0 Å². The van der Waals surface area contributed by atoms with Gasteiger partial charge in [-0.1, -0.05) is 13.8 Å². The predicted molar refractivity (Wildman–Crippen MR) is 78.1 cm³/mol. The summed E-state index contributed by atoms with van der Waals surface area (Å²) in [6.07, 6.45) is 0.299. The molecule has 0 bridgehead atoms. The highest BCUT2D eigenvalue weighted by atomic mass is 19.2. The molecule has 1 aliphatic rings. The van der Waals surface area contributed by atoms with Crippen LogP contribution in [0.15, 0.2) is 6.07 Å². The number of rotatable bonds is 3. The average Bonchev–Trinajstić information content (AvgIpc) is 2.83. The van der Waals surface area contributed by atoms with Gasteiger partial charge in [-0.25, -0.2) is 17.9 Å². The van der Waals surface area contributed by atoms with Gasteiger partial charge in [0, 0.05) is 25.7 Å². The highest BCUT2D eigenvalue weighted by Gasteiger charge is 2.25. The summed E-state index contributed by atoms with van der Waals surface area (Å²) in [4.78, 5) is 0. The molecule has 1 aliphatic heterocycles. The third kappa shape index (κ3) is 2.59. The lowest BCUT2D eigenvalue weighted by Crippen LogP contribution is -2.45. The summed E-state index contributed by atoms with van der Waals surface area (Å²) in [6.45, 7) is 6.11. The van der Waals surface area contributed by atoms with Gasteiger partial charge in [0.25, 0.3) is 0 Å². The van der Waals surface area contributed by atoms with Crippen LogP contribution < -0.4 is 10.6 Å². The van der Waals surface area contributed by atoms with E-state index in [1.165, 1.54) is 0 Å². The predicted octanol–water partition coefficient (Wildman–Crippen LogP) is 2.34. The Morgan fingerprint density at radius 3 is 2.68 bits per heavy atom. The number of hydrogen-bond acceptors (Lipinski definition) is 3. The first-order valence-corrected chi connectivity index (χ1v) is 7.47. The van der Waals surface area contributed by atoms with Crippen LogP contribution in [0.1, 0.15) is 25.7 Å². The van der Waals surface area contributed by atoms with E-state index in [2.05, 4.69) is 15.7 Å². The monoisotopic (exact) mass is 312 g/mol. The maximum Gasteiger partial charge on any atom is 0.195 e. The van der Waals surface area contributed by atoms with Crippen molar-refractivity contribution in [3.05, 3.63) is 29.2 Å². The first-order valence-electron chi connectivity index (χ1n) is 7.47. The molecule has 0 spiro atoms. The van der Waals surface area contributed by atoms with Crippen LogP contribution in [0.2, 0.25) is 0 Å². The molecule has 1 saturated heterocycles. The van der Waals surface area contributed by atoms with Gasteiger partial charge in [0.2, 0.25) is 0 Å². The minimum absolute atomic E-state index is 0.0833. The molecule has 7 heteroatoms. The number of piperazine rings is 1. The Morgan fingerprint density at radius 2 is 2.05 bits per heavy atom. The van der Waals surface area contributed by atoms with Crippen LogP contribution in [0.4, 0.5) is 13.2 Å². The first kappa shape index (κ1) is 15.3. The van der Waals surface area contributed by atoms with Crippen molar-refractivity contribution in [2.75, 3.05) is 19.6 Å². The van der Waals surface area contributed by atoms with Crippen molar-refractivity contribution in [1.82, 2.24) is 20.4 Å². The summed E-state index contributed by atoms with van der Waals surface area (Å²) in [6, 6.07) is 1.03. The van der Waals surface area contributed by atoms with Gasteiger partial charge in [-0.2, -0.15) is 5.10 Å². The van der Waals surface area contributed by atoms with Gasteiger partial charge < -0.3 is 5.32 Å². The second kappa shape index (κ2) is 5.89. The van der Waals surface area contributed by atoms with Gasteiger partial charge in [0.15, 0.2) is 17.5 Å². The van der Waals surface area contributed by atoms with E-state index in [9.17, 15) is 13.2 Å². The zero-order valence-corrected chi connectivity index (χ0v) is 12.6. The maximum absolute atomic E-state index is 14.2. The SMILES string of the molecule is CC(C)Cc1nn(C2CNCCN2)c2cc(F)c(F)c(F)c12. The Kier molecular flexibility index (Phi) is 4.10. The smallest absolute Gasteiger partial charge is 0.195 e. The molecule has 0 amide bonds. The Labute approximate surface area is 126 Å². The minimum atomic E-state index is -1.44. The van der Waals surface area contributed by atoms with E-state index in [1.807, 2.05) is 13.8 Å². The topological polar surface area (TPSA) is 41.9 Å². The molecular formula is C15H19F3N4. The molecule has 120 valence electrons. The summed E-state index contributed by atoms with van der Waals surface area (Å²) in [7, 11) is 0. The number of fused-ring (bicyclic) bond motifs is 1. The molecule has 1 atom stereocenters. The van der Waals surface area contributed by atoms with Gasteiger partial charge in [0.05, 0.1) is 16.6 Å². The first-order chi connectivity index (χ1) is 10.5. The van der Waals surface area contributed by atoms with Crippen LogP contribution in [0, 0.1) is 23.4 Å².